The minimum Gasteiger partial charge on any atom is -0.463 e. The van der Waals surface area contributed by atoms with Gasteiger partial charge in [-0.15, -0.1) is 0 Å². The van der Waals surface area contributed by atoms with E-state index in [0.717, 1.165) is 19.3 Å². The van der Waals surface area contributed by atoms with Gasteiger partial charge in [-0.05, 0) is 26.1 Å². The summed E-state index contributed by atoms with van der Waals surface area (Å²) in [5.74, 6) is -0.896. The van der Waals surface area contributed by atoms with E-state index in [1.807, 2.05) is 0 Å². The molecule has 0 saturated heterocycles. The van der Waals surface area contributed by atoms with Gasteiger partial charge in [-0.3, -0.25) is 4.79 Å². The molecule has 0 aliphatic heterocycles. The molecule has 0 rings (SSSR count). The van der Waals surface area contributed by atoms with Gasteiger partial charge in [-0.2, -0.15) is 0 Å². The van der Waals surface area contributed by atoms with E-state index in [-0.39, 0.29) is 6.42 Å². The van der Waals surface area contributed by atoms with Gasteiger partial charge in [0, 0.05) is 6.42 Å². The molecule has 0 bridgehead atoms. The predicted molar refractivity (Wildman–Crippen MR) is 117 cm³/mol. The largest absolute Gasteiger partial charge is 0.463 e. The highest BCUT2D eigenvalue weighted by Gasteiger charge is 2.17. The van der Waals surface area contributed by atoms with E-state index < -0.39 is 33.5 Å². The molecule has 27 heavy (non-hydrogen) atoms. The number of esters is 1. The number of hydrogen-bond donors (Lipinski definition) is 1. The third-order valence-corrected chi connectivity index (χ3v) is 4.91. The normalized spacial score (nSPS) is 17.9. The smallest absolute Gasteiger partial charge is 0.305 e. The molecule has 4 nitrogen and oxygen atoms in total. The van der Waals surface area contributed by atoms with E-state index in [9.17, 15) is 9.90 Å². The van der Waals surface area contributed by atoms with Crippen molar-refractivity contribution in [1.82, 2.24) is 0 Å². The maximum atomic E-state index is 12.0. The first kappa shape index (κ1) is 18.6. The molecule has 1 atom stereocenters. The molecule has 0 aliphatic carbocycles. The second-order valence-electron chi connectivity index (χ2n) is 8.23. The maximum absolute atomic E-state index is 12.0. The lowest BCUT2D eigenvalue weighted by Crippen LogP contribution is -2.32. The highest BCUT2D eigenvalue weighted by atomic mass is 28.4. The van der Waals surface area contributed by atoms with Crippen LogP contribution in [0.5, 0.6) is 0 Å². The molecular formula is C22H46O4Si. The van der Waals surface area contributed by atoms with Crippen molar-refractivity contribution in [2.75, 3.05) is 13.1 Å². The molecule has 0 aromatic heterocycles. The summed E-state index contributed by atoms with van der Waals surface area (Å²) in [6.45, 7) is 0.899. The zero-order chi connectivity index (χ0) is 24.9. The van der Waals surface area contributed by atoms with Crippen LogP contribution in [0.2, 0.25) is 19.6 Å². The molecule has 162 valence electrons. The van der Waals surface area contributed by atoms with Crippen molar-refractivity contribution in [2.45, 2.75) is 123 Å². The summed E-state index contributed by atoms with van der Waals surface area (Å²) < 4.78 is 48.8. The van der Waals surface area contributed by atoms with Crippen LogP contribution in [-0.4, -0.2) is 38.6 Å². The second-order valence-corrected chi connectivity index (χ2v) is 12.7. The lowest BCUT2D eigenvalue weighted by molar-refractivity contribution is -0.147. The number of aliphatic hydroxyl groups is 1. The molecule has 0 spiro atoms. The first-order chi connectivity index (χ1) is 14.7. The highest BCUT2D eigenvalue weighted by molar-refractivity contribution is 6.69. The zero-order valence-corrected chi connectivity index (χ0v) is 19.1. The summed E-state index contributed by atoms with van der Waals surface area (Å²) in [7, 11) is -2.54. The summed E-state index contributed by atoms with van der Waals surface area (Å²) in [5.41, 5.74) is 0. The molecule has 0 aromatic carbocycles. The van der Waals surface area contributed by atoms with Gasteiger partial charge in [-0.25, -0.2) is 0 Å². The average molecular weight is 408 g/mol. The van der Waals surface area contributed by atoms with Gasteiger partial charge in [0.2, 0.25) is 0 Å². The summed E-state index contributed by atoms with van der Waals surface area (Å²) in [5, 5.41) is 10.2. The number of ether oxygens (including phenoxy) is 1. The van der Waals surface area contributed by atoms with E-state index in [4.69, 9.17) is 11.3 Å². The molecule has 0 aromatic rings. The first-order valence-electron chi connectivity index (χ1n) is 13.3. The number of rotatable bonds is 19. The SMILES string of the molecule is [2H]C([2H])(OC(=O)CCCCCCCCCCCCCCC)C([2H])(O)C([2H])([2H])O[Si](C)(C)C. The van der Waals surface area contributed by atoms with Crippen LogP contribution in [0.3, 0.4) is 0 Å². The molecule has 1 N–H and O–H groups in total. The van der Waals surface area contributed by atoms with E-state index in [2.05, 4.69) is 11.7 Å². The quantitative estimate of drug-likeness (QED) is 0.157. The number of carbonyl (C=O) groups excluding carboxylic acids is 1. The predicted octanol–water partition coefficient (Wildman–Crippen LogP) is 6.22. The van der Waals surface area contributed by atoms with E-state index in [1.54, 1.807) is 19.6 Å². The van der Waals surface area contributed by atoms with Crippen LogP contribution in [0.25, 0.3) is 0 Å². The van der Waals surface area contributed by atoms with Crippen LogP contribution in [0, 0.1) is 0 Å². The van der Waals surface area contributed by atoms with E-state index >= 15 is 0 Å². The number of unbranched alkanes of at least 4 members (excludes halogenated alkanes) is 12. The van der Waals surface area contributed by atoms with Crippen LogP contribution >= 0.6 is 0 Å². The summed E-state index contributed by atoms with van der Waals surface area (Å²) in [6, 6.07) is 0. The average Bonchev–Trinajstić information content (AvgIpc) is 2.63. The molecule has 1 unspecified atom stereocenters. The monoisotopic (exact) mass is 407 g/mol. The topological polar surface area (TPSA) is 55.8 Å². The van der Waals surface area contributed by atoms with Gasteiger partial charge in [0.1, 0.15) is 12.6 Å². The Kier molecular flexibility index (Phi) is 12.2. The lowest BCUT2D eigenvalue weighted by atomic mass is 10.0. The van der Waals surface area contributed by atoms with Crippen LogP contribution in [0.15, 0.2) is 0 Å². The Morgan fingerprint density at radius 2 is 1.33 bits per heavy atom. The van der Waals surface area contributed by atoms with Gasteiger partial charge in [0.25, 0.3) is 0 Å². The van der Waals surface area contributed by atoms with Gasteiger partial charge >= 0.3 is 5.97 Å². The van der Waals surface area contributed by atoms with Crippen LogP contribution in [0.1, 0.15) is 104 Å². The van der Waals surface area contributed by atoms with Gasteiger partial charge in [0.05, 0.1) is 13.4 Å². The van der Waals surface area contributed by atoms with Crippen molar-refractivity contribution in [3.05, 3.63) is 0 Å². The Morgan fingerprint density at radius 1 is 0.889 bits per heavy atom. The zero-order valence-electron chi connectivity index (χ0n) is 23.1. The number of hydrogen-bond acceptors (Lipinski definition) is 4. The molecule has 0 saturated carbocycles. The Balaban J connectivity index is 4.08. The molecule has 0 fully saturated rings. The fourth-order valence-electron chi connectivity index (χ4n) is 2.67. The molecular weight excluding hydrogens is 356 g/mol. The molecule has 0 heterocycles. The van der Waals surface area contributed by atoms with E-state index in [0.29, 0.717) is 6.42 Å². The van der Waals surface area contributed by atoms with Crippen LogP contribution in [-0.2, 0) is 14.0 Å². The number of carbonyl (C=O) groups is 1. The Bertz CT molecular complexity index is 525. The van der Waals surface area contributed by atoms with Crippen molar-refractivity contribution in [3.63, 3.8) is 0 Å². The maximum Gasteiger partial charge on any atom is 0.305 e. The molecule has 0 aliphatic rings. The van der Waals surface area contributed by atoms with Gasteiger partial charge in [-0.1, -0.05) is 84.0 Å². The summed E-state index contributed by atoms with van der Waals surface area (Å²) in [4.78, 5) is 12.0. The fraction of sp³-hybridized carbons (Fsp3) is 0.955. The van der Waals surface area contributed by atoms with Crippen molar-refractivity contribution in [2.24, 2.45) is 0 Å². The van der Waals surface area contributed by atoms with Crippen molar-refractivity contribution in [1.29, 1.82) is 0 Å². The molecule has 5 heteroatoms. The van der Waals surface area contributed by atoms with Gasteiger partial charge < -0.3 is 14.3 Å². The Morgan fingerprint density at radius 3 is 1.78 bits per heavy atom. The Labute approximate surface area is 176 Å². The van der Waals surface area contributed by atoms with Crippen molar-refractivity contribution >= 4 is 14.3 Å². The third-order valence-electron chi connectivity index (χ3n) is 4.20. The minimum atomic E-state index is -3.40. The van der Waals surface area contributed by atoms with Crippen molar-refractivity contribution < 1.29 is 25.9 Å². The summed E-state index contributed by atoms with van der Waals surface area (Å²) in [6.07, 6.45) is 11.6. The fourth-order valence-corrected chi connectivity index (χ4v) is 3.07. The second kappa shape index (κ2) is 17.7. The molecule has 0 radical (unpaired) electrons. The van der Waals surface area contributed by atoms with Gasteiger partial charge in [0.15, 0.2) is 8.32 Å². The third kappa shape index (κ3) is 21.8. The van der Waals surface area contributed by atoms with Crippen molar-refractivity contribution in [3.8, 4) is 0 Å². The van der Waals surface area contributed by atoms with Crippen LogP contribution < -0.4 is 0 Å². The standard InChI is InChI=1S/C22H46O4Si/c1-5-6-7-8-9-10-11-12-13-14-15-16-17-18-22(24)25-19-21(23)20-26-27(2,3)4/h21,23H,5-20H2,1-4H3/i19D2,20D2,21D. The van der Waals surface area contributed by atoms with Crippen LogP contribution in [0.4, 0.5) is 0 Å². The Hall–Kier alpha value is -0.393. The lowest BCUT2D eigenvalue weighted by Gasteiger charge is -2.20. The molecule has 0 amide bonds. The minimum absolute atomic E-state index is 0.0365. The first-order valence-corrected chi connectivity index (χ1v) is 14.2. The van der Waals surface area contributed by atoms with E-state index in [1.165, 1.54) is 57.8 Å². The highest BCUT2D eigenvalue weighted by Crippen LogP contribution is 2.13. The summed E-state index contributed by atoms with van der Waals surface area (Å²) >= 11 is 0.